The van der Waals surface area contributed by atoms with Gasteiger partial charge in [-0.15, -0.1) is 0 Å². The van der Waals surface area contributed by atoms with Gasteiger partial charge in [-0.2, -0.15) is 9.78 Å². The predicted octanol–water partition coefficient (Wildman–Crippen LogP) is 1.55. The molecule has 0 spiro atoms. The van der Waals surface area contributed by atoms with Crippen LogP contribution in [0, 0.1) is 3.95 Å². The number of benzene rings is 2. The van der Waals surface area contributed by atoms with E-state index in [1.807, 2.05) is 0 Å². The van der Waals surface area contributed by atoms with E-state index in [2.05, 4.69) is 15.4 Å². The number of carbonyl (C=O) groups is 2. The molecule has 2 aliphatic heterocycles. The number of rotatable bonds is 2. The van der Waals surface area contributed by atoms with Gasteiger partial charge in [0.1, 0.15) is 4.88 Å². The normalized spacial score (nSPS) is 16.1. The second-order valence-electron chi connectivity index (χ2n) is 6.09. The van der Waals surface area contributed by atoms with E-state index in [9.17, 15) is 14.7 Å². The summed E-state index contributed by atoms with van der Waals surface area (Å²) in [6.45, 7) is 0. The lowest BCUT2D eigenvalue weighted by atomic mass is 10.1. The molecule has 0 bridgehead atoms. The Bertz CT molecular complexity index is 1420. The molecule has 0 unspecified atom stereocenters. The highest BCUT2D eigenvalue weighted by molar-refractivity contribution is 7.73. The molecule has 3 heterocycles. The molecule has 0 radical (unpaired) electrons. The molecule has 2 aliphatic rings. The molecule has 2 amide bonds. The van der Waals surface area contributed by atoms with E-state index in [0.717, 1.165) is 16.0 Å². The summed E-state index contributed by atoms with van der Waals surface area (Å²) in [5, 5.41) is 18.9. The zero-order chi connectivity index (χ0) is 19.4. The maximum Gasteiger partial charge on any atom is 0.279 e. The van der Waals surface area contributed by atoms with Crippen molar-refractivity contribution in [2.45, 2.75) is 0 Å². The zero-order valence-electron chi connectivity index (χ0n) is 14.0. The van der Waals surface area contributed by atoms with Crippen LogP contribution in [0.5, 0.6) is 5.88 Å². The molecule has 5 rings (SSSR count). The van der Waals surface area contributed by atoms with Crippen LogP contribution in [0.3, 0.4) is 0 Å². The summed E-state index contributed by atoms with van der Waals surface area (Å²) in [5.74, 6) is -1.13. The van der Waals surface area contributed by atoms with Gasteiger partial charge in [-0.1, -0.05) is 47.7 Å². The number of carbonyl (C=O) groups excluding carboxylic acids is 2. The van der Waals surface area contributed by atoms with Crippen LogP contribution < -0.4 is 15.9 Å². The van der Waals surface area contributed by atoms with Crippen LogP contribution in [-0.4, -0.2) is 27.3 Å². The Morgan fingerprint density at radius 1 is 1.11 bits per heavy atom. The number of hydrogen-bond acceptors (Lipinski definition) is 6. The van der Waals surface area contributed by atoms with Crippen LogP contribution in [0.25, 0.3) is 5.57 Å². The maximum absolute atomic E-state index is 12.4. The van der Waals surface area contributed by atoms with Crippen molar-refractivity contribution in [1.29, 1.82) is 0 Å². The second kappa shape index (κ2) is 6.04. The molecule has 0 fully saturated rings. The summed E-state index contributed by atoms with van der Waals surface area (Å²) < 4.78 is 1.31. The topological polar surface area (TPSA) is 96.0 Å². The standard InChI is InChI=1S/C19H10N4O3S2/c24-16-13(9-5-1-3-7-11(9)20-16)15-18(26)23(19(27)28-15)22-14-10-6-2-4-8-12(10)21-17(14)25/h1-8,26H,(H,21,22,25). The van der Waals surface area contributed by atoms with E-state index < -0.39 is 5.91 Å². The predicted molar refractivity (Wildman–Crippen MR) is 107 cm³/mol. The third kappa shape index (κ3) is 2.37. The number of aromatic hydroxyl groups is 1. The summed E-state index contributed by atoms with van der Waals surface area (Å²) in [4.78, 5) is 29.0. The van der Waals surface area contributed by atoms with E-state index in [0.29, 0.717) is 21.8 Å². The van der Waals surface area contributed by atoms with Crippen molar-refractivity contribution < 1.29 is 14.7 Å². The molecule has 9 heteroatoms. The first-order valence-corrected chi connectivity index (χ1v) is 9.44. The molecule has 2 aromatic carbocycles. The average molecular weight is 406 g/mol. The maximum atomic E-state index is 12.4. The van der Waals surface area contributed by atoms with Gasteiger partial charge < -0.3 is 10.4 Å². The fourth-order valence-corrected chi connectivity index (χ4v) is 4.44. The third-order valence-electron chi connectivity index (χ3n) is 4.45. The van der Waals surface area contributed by atoms with Gasteiger partial charge in [0.15, 0.2) is 9.67 Å². The van der Waals surface area contributed by atoms with Gasteiger partial charge >= 0.3 is 0 Å². The summed E-state index contributed by atoms with van der Waals surface area (Å²) in [7, 11) is 0. The Balaban J connectivity index is 1.72. The number of hydrogen-bond donors (Lipinski definition) is 2. The Hall–Kier alpha value is -3.43. The van der Waals surface area contributed by atoms with Crippen LogP contribution in [0.1, 0.15) is 10.4 Å². The van der Waals surface area contributed by atoms with Crippen LogP contribution in [0.15, 0.2) is 58.6 Å². The molecule has 0 atom stereocenters. The van der Waals surface area contributed by atoms with E-state index in [-0.39, 0.29) is 31.9 Å². The van der Waals surface area contributed by atoms with Gasteiger partial charge in [-0.3, -0.25) is 9.59 Å². The number of para-hydroxylation sites is 2. The molecule has 0 aliphatic carbocycles. The first-order chi connectivity index (χ1) is 13.5. The molecule has 3 aromatic rings. The van der Waals surface area contributed by atoms with Crippen LogP contribution in [0.2, 0.25) is 0 Å². The Kier molecular flexibility index (Phi) is 3.61. The molecular formula is C19H10N4O3S2. The highest BCUT2D eigenvalue weighted by atomic mass is 32.1. The van der Waals surface area contributed by atoms with Gasteiger partial charge in [-0.05, 0) is 24.4 Å². The first kappa shape index (κ1) is 16.7. The fraction of sp³-hybridized carbons (Fsp3) is 0. The van der Waals surface area contributed by atoms with Gasteiger partial charge in [0.25, 0.3) is 11.8 Å². The van der Waals surface area contributed by atoms with Crippen molar-refractivity contribution in [2.75, 3.05) is 5.32 Å². The van der Waals surface area contributed by atoms with Gasteiger partial charge in [0.2, 0.25) is 5.88 Å². The Morgan fingerprint density at radius 2 is 1.86 bits per heavy atom. The van der Waals surface area contributed by atoms with Crippen LogP contribution in [-0.2, 0) is 9.59 Å². The molecule has 1 aromatic heterocycles. The van der Waals surface area contributed by atoms with Crippen molar-refractivity contribution in [3.63, 3.8) is 0 Å². The molecule has 0 saturated carbocycles. The lowest BCUT2D eigenvalue weighted by Gasteiger charge is -2.01. The minimum absolute atomic E-state index is 0.138. The van der Waals surface area contributed by atoms with Crippen molar-refractivity contribution in [3.8, 4) is 5.88 Å². The Labute approximate surface area is 166 Å². The zero-order valence-corrected chi connectivity index (χ0v) is 15.7. The summed E-state index contributed by atoms with van der Waals surface area (Å²) in [6, 6.07) is 14.2. The van der Waals surface area contributed by atoms with Crippen molar-refractivity contribution in [2.24, 2.45) is 10.1 Å². The number of fused-ring (bicyclic) bond motifs is 2. The minimum Gasteiger partial charge on any atom is -0.492 e. The smallest absolute Gasteiger partial charge is 0.279 e. The number of nitrogens with zero attached hydrogens (tertiary/aromatic N) is 3. The number of nitrogens with one attached hydrogen (secondary N) is 1. The minimum atomic E-state index is -0.448. The fourth-order valence-electron chi connectivity index (χ4n) is 3.19. The van der Waals surface area contributed by atoms with E-state index in [1.165, 1.54) is 0 Å². The number of thiazole rings is 1. The molecule has 28 heavy (non-hydrogen) atoms. The molecule has 2 N–H and O–H groups in total. The highest BCUT2D eigenvalue weighted by Crippen LogP contribution is 2.33. The molecule has 7 nitrogen and oxygen atoms in total. The summed E-state index contributed by atoms with van der Waals surface area (Å²) in [5.41, 5.74) is 1.67. The summed E-state index contributed by atoms with van der Waals surface area (Å²) in [6.07, 6.45) is 0. The molecule has 0 saturated heterocycles. The summed E-state index contributed by atoms with van der Waals surface area (Å²) >= 11 is 6.38. The molecule has 136 valence electrons. The van der Waals surface area contributed by atoms with Crippen LogP contribution >= 0.6 is 23.6 Å². The molecular weight excluding hydrogens is 396 g/mol. The lowest BCUT2D eigenvalue weighted by Crippen LogP contribution is -2.22. The second-order valence-corrected chi connectivity index (χ2v) is 7.73. The van der Waals surface area contributed by atoms with E-state index in [4.69, 9.17) is 12.2 Å². The number of anilines is 1. The van der Waals surface area contributed by atoms with Gasteiger partial charge in [0.05, 0.1) is 16.6 Å². The quantitative estimate of drug-likeness (QED) is 0.631. The largest absolute Gasteiger partial charge is 0.492 e. The van der Waals surface area contributed by atoms with Crippen LogP contribution in [0.4, 0.5) is 5.69 Å². The third-order valence-corrected chi connectivity index (χ3v) is 5.81. The van der Waals surface area contributed by atoms with Gasteiger partial charge in [0, 0.05) is 10.8 Å². The number of amides is 2. The lowest BCUT2D eigenvalue weighted by molar-refractivity contribution is -0.112. The Morgan fingerprint density at radius 3 is 2.71 bits per heavy atom. The van der Waals surface area contributed by atoms with E-state index in [1.54, 1.807) is 48.5 Å². The van der Waals surface area contributed by atoms with Crippen molar-refractivity contribution in [1.82, 2.24) is 4.68 Å². The average Bonchev–Trinajstić information content (AvgIpc) is 3.27. The first-order valence-electron chi connectivity index (χ1n) is 8.22. The van der Waals surface area contributed by atoms with Crippen molar-refractivity contribution in [3.05, 3.63) is 73.5 Å². The van der Waals surface area contributed by atoms with Crippen molar-refractivity contribution >= 4 is 52.3 Å². The highest BCUT2D eigenvalue weighted by Gasteiger charge is 2.28. The number of aromatic nitrogens is 1. The SMILES string of the molecule is O=C1N=c2ccccc2=C1c1sc(=S)n(/N=C2\C(=O)Nc3ccccc32)c1O. The van der Waals surface area contributed by atoms with E-state index >= 15 is 0 Å². The van der Waals surface area contributed by atoms with Gasteiger partial charge in [-0.25, -0.2) is 4.99 Å². The monoisotopic (exact) mass is 406 g/mol.